The number of nitrogens with zero attached hydrogens (tertiary/aromatic N) is 4. The smallest absolute Gasteiger partial charge is 0.303 e. The number of anilines is 1. The molecule has 3 rings (SSSR count). The third-order valence-corrected chi connectivity index (χ3v) is 3.99. The van der Waals surface area contributed by atoms with Crippen molar-refractivity contribution in [2.24, 2.45) is 12.1 Å². The summed E-state index contributed by atoms with van der Waals surface area (Å²) in [5.74, 6) is 0.0371. The lowest BCUT2D eigenvalue weighted by molar-refractivity contribution is 0.628. The standard InChI is InChI=1S/C17H19FN6O2/c1-3-4-9-24-13-14(23(2)17(26)21-15(13)25)20-16(24)22-19-10-11-5-7-12(18)8-6-11/h5-8,10H,3-4,9H2,1-2H3,(H,20,22)(H,21,25,26). The molecule has 0 bridgehead atoms. The van der Waals surface area contributed by atoms with Gasteiger partial charge >= 0.3 is 5.69 Å². The van der Waals surface area contributed by atoms with E-state index in [1.54, 1.807) is 23.7 Å². The van der Waals surface area contributed by atoms with Gasteiger partial charge in [-0.2, -0.15) is 10.1 Å². The van der Waals surface area contributed by atoms with E-state index in [9.17, 15) is 14.0 Å². The first-order chi connectivity index (χ1) is 12.5. The highest BCUT2D eigenvalue weighted by Crippen LogP contribution is 2.16. The van der Waals surface area contributed by atoms with Gasteiger partial charge < -0.3 is 4.57 Å². The van der Waals surface area contributed by atoms with E-state index in [1.807, 2.05) is 6.92 Å². The van der Waals surface area contributed by atoms with Crippen LogP contribution in [0.25, 0.3) is 11.2 Å². The second kappa shape index (κ2) is 7.34. The first kappa shape index (κ1) is 17.6. The van der Waals surface area contributed by atoms with Crippen molar-refractivity contribution in [1.82, 2.24) is 19.1 Å². The zero-order valence-corrected chi connectivity index (χ0v) is 14.5. The Kier molecular flexibility index (Phi) is 4.97. The van der Waals surface area contributed by atoms with Crippen LogP contribution in [0.5, 0.6) is 0 Å². The number of hydrazone groups is 1. The number of benzene rings is 1. The molecule has 8 nitrogen and oxygen atoms in total. The highest BCUT2D eigenvalue weighted by molar-refractivity contribution is 5.80. The highest BCUT2D eigenvalue weighted by Gasteiger charge is 2.16. The van der Waals surface area contributed by atoms with Crippen molar-refractivity contribution in [3.8, 4) is 0 Å². The summed E-state index contributed by atoms with van der Waals surface area (Å²) in [6.45, 7) is 2.60. The van der Waals surface area contributed by atoms with Gasteiger partial charge in [-0.25, -0.2) is 14.6 Å². The van der Waals surface area contributed by atoms with Crippen LogP contribution in [0.2, 0.25) is 0 Å². The van der Waals surface area contributed by atoms with Gasteiger partial charge in [-0.15, -0.1) is 0 Å². The zero-order chi connectivity index (χ0) is 18.7. The van der Waals surface area contributed by atoms with E-state index in [2.05, 4.69) is 20.5 Å². The van der Waals surface area contributed by atoms with Crippen molar-refractivity contribution in [1.29, 1.82) is 0 Å². The quantitative estimate of drug-likeness (QED) is 0.519. The van der Waals surface area contributed by atoms with Crippen LogP contribution in [-0.2, 0) is 13.6 Å². The SMILES string of the molecule is CCCCn1c(NN=Cc2ccc(F)cc2)nc2c1c(=O)[nH]c(=O)n2C. The fourth-order valence-corrected chi connectivity index (χ4v) is 2.57. The molecule has 3 aromatic rings. The normalized spacial score (nSPS) is 11.5. The Morgan fingerprint density at radius 3 is 2.73 bits per heavy atom. The molecule has 1 aromatic carbocycles. The molecule has 0 saturated heterocycles. The highest BCUT2D eigenvalue weighted by atomic mass is 19.1. The number of aryl methyl sites for hydroxylation is 2. The lowest BCUT2D eigenvalue weighted by atomic mass is 10.2. The van der Waals surface area contributed by atoms with Crippen molar-refractivity contribution < 1.29 is 4.39 Å². The summed E-state index contributed by atoms with van der Waals surface area (Å²) in [6.07, 6.45) is 3.29. The van der Waals surface area contributed by atoms with E-state index >= 15 is 0 Å². The van der Waals surface area contributed by atoms with Gasteiger partial charge in [-0.3, -0.25) is 14.3 Å². The van der Waals surface area contributed by atoms with Crippen molar-refractivity contribution in [3.63, 3.8) is 0 Å². The van der Waals surface area contributed by atoms with Gasteiger partial charge in [-0.1, -0.05) is 25.5 Å². The van der Waals surface area contributed by atoms with E-state index < -0.39 is 11.2 Å². The summed E-state index contributed by atoms with van der Waals surface area (Å²) >= 11 is 0. The van der Waals surface area contributed by atoms with Gasteiger partial charge in [0.15, 0.2) is 11.2 Å². The summed E-state index contributed by atoms with van der Waals surface area (Å²) in [5.41, 5.74) is 3.11. The van der Waals surface area contributed by atoms with Crippen LogP contribution in [0.15, 0.2) is 39.0 Å². The average molecular weight is 358 g/mol. The van der Waals surface area contributed by atoms with Crippen LogP contribution in [0, 0.1) is 5.82 Å². The summed E-state index contributed by atoms with van der Waals surface area (Å²) in [6, 6.07) is 5.87. The molecule has 0 fully saturated rings. The van der Waals surface area contributed by atoms with Gasteiger partial charge in [-0.05, 0) is 24.1 Å². The van der Waals surface area contributed by atoms with Crippen LogP contribution in [0.4, 0.5) is 10.3 Å². The number of rotatable bonds is 6. The van der Waals surface area contributed by atoms with Crippen molar-refractivity contribution in [2.75, 3.05) is 5.43 Å². The Morgan fingerprint density at radius 1 is 1.31 bits per heavy atom. The number of hydrogen-bond donors (Lipinski definition) is 2. The van der Waals surface area contributed by atoms with Crippen LogP contribution in [0.3, 0.4) is 0 Å². The van der Waals surface area contributed by atoms with Crippen LogP contribution < -0.4 is 16.7 Å². The largest absolute Gasteiger partial charge is 0.329 e. The van der Waals surface area contributed by atoms with Crippen LogP contribution >= 0.6 is 0 Å². The van der Waals surface area contributed by atoms with Gasteiger partial charge in [0.05, 0.1) is 6.21 Å². The molecular formula is C17H19FN6O2. The fraction of sp³-hybridized carbons (Fsp3) is 0.294. The van der Waals surface area contributed by atoms with E-state index in [1.165, 1.54) is 22.9 Å². The average Bonchev–Trinajstić information content (AvgIpc) is 2.99. The molecule has 0 unspecified atom stereocenters. The van der Waals surface area contributed by atoms with Crippen molar-refractivity contribution in [2.45, 2.75) is 26.3 Å². The molecule has 2 N–H and O–H groups in total. The molecule has 2 heterocycles. The minimum atomic E-state index is -0.524. The molecule has 0 amide bonds. The Bertz CT molecular complexity index is 1060. The van der Waals surface area contributed by atoms with E-state index in [0.717, 1.165) is 12.8 Å². The first-order valence-corrected chi connectivity index (χ1v) is 8.25. The third-order valence-electron chi connectivity index (χ3n) is 3.99. The van der Waals surface area contributed by atoms with Gasteiger partial charge in [0.25, 0.3) is 5.56 Å². The molecule has 0 spiro atoms. The van der Waals surface area contributed by atoms with Gasteiger partial charge in [0, 0.05) is 13.6 Å². The maximum atomic E-state index is 12.9. The number of halogens is 1. The molecule has 9 heteroatoms. The molecule has 0 radical (unpaired) electrons. The number of hydrogen-bond acceptors (Lipinski definition) is 5. The predicted octanol–water partition coefficient (Wildman–Crippen LogP) is 1.81. The van der Waals surface area contributed by atoms with E-state index in [0.29, 0.717) is 23.6 Å². The molecule has 136 valence electrons. The maximum absolute atomic E-state index is 12.9. The van der Waals surface area contributed by atoms with E-state index in [4.69, 9.17) is 0 Å². The predicted molar refractivity (Wildman–Crippen MR) is 98.1 cm³/mol. The summed E-state index contributed by atoms with van der Waals surface area (Å²) in [4.78, 5) is 30.7. The summed E-state index contributed by atoms with van der Waals surface area (Å²) in [7, 11) is 1.54. The topological polar surface area (TPSA) is 97.1 Å². The molecule has 0 atom stereocenters. The third kappa shape index (κ3) is 3.41. The Labute approximate surface area is 148 Å². The second-order valence-electron chi connectivity index (χ2n) is 5.85. The number of fused-ring (bicyclic) bond motifs is 1. The fourth-order valence-electron chi connectivity index (χ4n) is 2.57. The number of unbranched alkanes of at least 4 members (excludes halogenated alkanes) is 1. The molecule has 2 aromatic heterocycles. The first-order valence-electron chi connectivity index (χ1n) is 8.25. The number of H-pyrrole nitrogens is 1. The lowest BCUT2D eigenvalue weighted by Crippen LogP contribution is -2.29. The zero-order valence-electron chi connectivity index (χ0n) is 14.5. The lowest BCUT2D eigenvalue weighted by Gasteiger charge is -2.06. The number of imidazole rings is 1. The molecule has 26 heavy (non-hydrogen) atoms. The molecule has 0 aliphatic carbocycles. The Hall–Kier alpha value is -3.23. The van der Waals surface area contributed by atoms with Gasteiger partial charge in [0.2, 0.25) is 5.95 Å². The van der Waals surface area contributed by atoms with Crippen LogP contribution in [-0.4, -0.2) is 25.3 Å². The second-order valence-corrected chi connectivity index (χ2v) is 5.85. The van der Waals surface area contributed by atoms with Gasteiger partial charge in [0.1, 0.15) is 5.82 Å². The Morgan fingerprint density at radius 2 is 2.04 bits per heavy atom. The molecular weight excluding hydrogens is 339 g/mol. The number of nitrogens with one attached hydrogen (secondary N) is 2. The van der Waals surface area contributed by atoms with E-state index in [-0.39, 0.29) is 11.5 Å². The monoisotopic (exact) mass is 358 g/mol. The number of aromatic nitrogens is 4. The summed E-state index contributed by atoms with van der Waals surface area (Å²) < 4.78 is 15.9. The molecule has 0 saturated carbocycles. The minimum Gasteiger partial charge on any atom is -0.303 e. The molecule has 0 aliphatic rings. The van der Waals surface area contributed by atoms with Crippen LogP contribution in [0.1, 0.15) is 25.3 Å². The van der Waals surface area contributed by atoms with Crippen molar-refractivity contribution in [3.05, 3.63) is 56.5 Å². The van der Waals surface area contributed by atoms with Crippen molar-refractivity contribution >= 4 is 23.3 Å². The minimum absolute atomic E-state index is 0.286. The Balaban J connectivity index is 1.99. The number of aromatic amines is 1. The summed E-state index contributed by atoms with van der Waals surface area (Å²) in [5, 5.41) is 4.11. The molecule has 0 aliphatic heterocycles. The maximum Gasteiger partial charge on any atom is 0.329 e.